The number of ether oxygens (including phenoxy) is 2. The van der Waals surface area contributed by atoms with Crippen molar-refractivity contribution in [1.82, 2.24) is 10.4 Å². The van der Waals surface area contributed by atoms with Crippen molar-refractivity contribution in [3.8, 4) is 11.5 Å². The van der Waals surface area contributed by atoms with E-state index in [0.717, 1.165) is 15.9 Å². The van der Waals surface area contributed by atoms with Gasteiger partial charge in [-0.25, -0.2) is 4.98 Å². The molecular formula is C17H16N4O3S. The number of benzene rings is 2. The van der Waals surface area contributed by atoms with Crippen LogP contribution < -0.4 is 25.2 Å². The highest BCUT2D eigenvalue weighted by molar-refractivity contribution is 7.22. The molecule has 0 saturated carbocycles. The number of amides is 1. The molecule has 0 bridgehead atoms. The maximum atomic E-state index is 12.2. The molecule has 0 saturated heterocycles. The molecule has 3 aromatic rings. The average molecular weight is 356 g/mol. The quantitative estimate of drug-likeness (QED) is 0.700. The zero-order valence-electron chi connectivity index (χ0n) is 13.7. The van der Waals surface area contributed by atoms with Crippen LogP contribution in [0.4, 0.5) is 10.8 Å². The highest BCUT2D eigenvalue weighted by Crippen LogP contribution is 2.38. The van der Waals surface area contributed by atoms with E-state index in [9.17, 15) is 4.79 Å². The Balaban J connectivity index is 1.45. The molecule has 2 heterocycles. The number of carbonyl (C=O) groups is 1. The van der Waals surface area contributed by atoms with E-state index in [1.165, 1.54) is 11.3 Å². The Hall–Kier alpha value is -3.00. The molecule has 0 spiro atoms. The minimum Gasteiger partial charge on any atom is -0.454 e. The lowest BCUT2D eigenvalue weighted by Gasteiger charge is -2.12. The van der Waals surface area contributed by atoms with Crippen LogP contribution in [-0.2, 0) is 0 Å². The van der Waals surface area contributed by atoms with Crippen molar-refractivity contribution < 1.29 is 14.3 Å². The van der Waals surface area contributed by atoms with Gasteiger partial charge in [0.15, 0.2) is 11.5 Å². The molecule has 4 rings (SSSR count). The summed E-state index contributed by atoms with van der Waals surface area (Å²) < 4.78 is 11.7. The van der Waals surface area contributed by atoms with E-state index < -0.39 is 0 Å². The van der Waals surface area contributed by atoms with Crippen LogP contribution in [0.15, 0.2) is 36.4 Å². The summed E-state index contributed by atoms with van der Waals surface area (Å²) in [4.78, 5) is 18.6. The van der Waals surface area contributed by atoms with Crippen molar-refractivity contribution in [2.75, 3.05) is 31.2 Å². The Labute approximate surface area is 148 Å². The number of nitrogens with zero attached hydrogens (tertiary/aromatic N) is 2. The predicted molar refractivity (Wildman–Crippen MR) is 97.6 cm³/mol. The molecule has 2 N–H and O–H groups in total. The third kappa shape index (κ3) is 3.03. The van der Waals surface area contributed by atoms with Crippen molar-refractivity contribution in [3.63, 3.8) is 0 Å². The molecule has 8 heteroatoms. The Bertz CT molecular complexity index is 896. The van der Waals surface area contributed by atoms with Crippen LogP contribution >= 0.6 is 11.3 Å². The largest absolute Gasteiger partial charge is 0.454 e. The SMILES string of the molecule is CN(C)c1ccc(C(=O)NNc2nc3cc4c(cc3s2)OCO4)cc1. The summed E-state index contributed by atoms with van der Waals surface area (Å²) in [5.41, 5.74) is 7.92. The molecule has 0 unspecified atom stereocenters. The molecular weight excluding hydrogens is 340 g/mol. The summed E-state index contributed by atoms with van der Waals surface area (Å²) in [7, 11) is 3.91. The van der Waals surface area contributed by atoms with Crippen molar-refractivity contribution in [2.24, 2.45) is 0 Å². The van der Waals surface area contributed by atoms with E-state index in [-0.39, 0.29) is 12.7 Å². The minimum absolute atomic E-state index is 0.223. The lowest BCUT2D eigenvalue weighted by molar-refractivity contribution is 0.0962. The summed E-state index contributed by atoms with van der Waals surface area (Å²) in [5.74, 6) is 1.18. The van der Waals surface area contributed by atoms with E-state index in [2.05, 4.69) is 15.8 Å². The normalized spacial score (nSPS) is 12.2. The highest BCUT2D eigenvalue weighted by atomic mass is 32.1. The first-order valence-corrected chi connectivity index (χ1v) is 8.46. The third-order valence-electron chi connectivity index (χ3n) is 3.81. The highest BCUT2D eigenvalue weighted by Gasteiger charge is 2.16. The van der Waals surface area contributed by atoms with Crippen LogP contribution in [0.5, 0.6) is 11.5 Å². The fourth-order valence-corrected chi connectivity index (χ4v) is 3.29. The van der Waals surface area contributed by atoms with Gasteiger partial charge in [-0.3, -0.25) is 15.6 Å². The maximum absolute atomic E-state index is 12.2. The number of carbonyl (C=O) groups excluding carboxylic acids is 1. The molecule has 128 valence electrons. The van der Waals surface area contributed by atoms with Crippen LogP contribution in [0.3, 0.4) is 0 Å². The molecule has 1 aromatic heterocycles. The third-order valence-corrected chi connectivity index (χ3v) is 4.75. The lowest BCUT2D eigenvalue weighted by Crippen LogP contribution is -2.29. The smallest absolute Gasteiger partial charge is 0.269 e. The molecule has 1 aliphatic heterocycles. The van der Waals surface area contributed by atoms with Crippen LogP contribution in [-0.4, -0.2) is 31.8 Å². The zero-order valence-corrected chi connectivity index (χ0v) is 14.5. The summed E-state index contributed by atoms with van der Waals surface area (Å²) in [6, 6.07) is 11.1. The summed E-state index contributed by atoms with van der Waals surface area (Å²) in [6.07, 6.45) is 0. The molecule has 7 nitrogen and oxygen atoms in total. The summed E-state index contributed by atoms with van der Waals surface area (Å²) >= 11 is 1.43. The van der Waals surface area contributed by atoms with Crippen molar-refractivity contribution in [1.29, 1.82) is 0 Å². The van der Waals surface area contributed by atoms with Crippen LogP contribution in [0, 0.1) is 0 Å². The molecule has 0 fully saturated rings. The van der Waals surface area contributed by atoms with Crippen molar-refractivity contribution in [3.05, 3.63) is 42.0 Å². The molecule has 0 radical (unpaired) electrons. The van der Waals surface area contributed by atoms with Crippen molar-refractivity contribution >= 4 is 38.3 Å². The van der Waals surface area contributed by atoms with Gasteiger partial charge >= 0.3 is 0 Å². The molecule has 0 aliphatic carbocycles. The van der Waals surface area contributed by atoms with Gasteiger partial charge in [0.05, 0.1) is 10.2 Å². The van der Waals surface area contributed by atoms with Gasteiger partial charge in [0.25, 0.3) is 5.91 Å². The summed E-state index contributed by atoms with van der Waals surface area (Å²) in [6.45, 7) is 0.236. The second kappa shape index (κ2) is 6.14. The van der Waals surface area contributed by atoms with Crippen LogP contribution in [0.25, 0.3) is 10.2 Å². The van der Waals surface area contributed by atoms with Gasteiger partial charge < -0.3 is 14.4 Å². The number of nitrogens with one attached hydrogen (secondary N) is 2. The lowest BCUT2D eigenvalue weighted by atomic mass is 10.2. The standard InChI is InChI=1S/C17H16N4O3S/c1-21(2)11-5-3-10(4-6-11)16(22)19-20-17-18-12-7-13-14(24-9-23-13)8-15(12)25-17/h3-8H,9H2,1-2H3,(H,18,20)(H,19,22). The topological polar surface area (TPSA) is 75.7 Å². The Morgan fingerprint density at radius 2 is 1.88 bits per heavy atom. The Morgan fingerprint density at radius 3 is 2.60 bits per heavy atom. The van der Waals surface area contributed by atoms with Gasteiger partial charge in [-0.15, -0.1) is 0 Å². The summed E-state index contributed by atoms with van der Waals surface area (Å²) in [5, 5.41) is 0.594. The van der Waals surface area contributed by atoms with Gasteiger partial charge in [-0.2, -0.15) is 0 Å². The number of hydrazine groups is 1. The molecule has 1 aliphatic rings. The van der Waals surface area contributed by atoms with E-state index in [1.807, 2.05) is 43.3 Å². The van der Waals surface area contributed by atoms with Gasteiger partial charge in [-0.1, -0.05) is 11.3 Å². The van der Waals surface area contributed by atoms with E-state index in [4.69, 9.17) is 9.47 Å². The van der Waals surface area contributed by atoms with Crippen LogP contribution in [0.2, 0.25) is 0 Å². The fourth-order valence-electron chi connectivity index (χ4n) is 2.46. The molecule has 0 atom stereocenters. The van der Waals surface area contributed by atoms with Crippen LogP contribution in [0.1, 0.15) is 10.4 Å². The first kappa shape index (κ1) is 15.5. The van der Waals surface area contributed by atoms with Gasteiger partial charge in [-0.05, 0) is 24.3 Å². The fraction of sp³-hybridized carbons (Fsp3) is 0.176. The molecule has 1 amide bonds. The van der Waals surface area contributed by atoms with E-state index in [1.54, 1.807) is 12.1 Å². The Kier molecular flexibility index (Phi) is 3.81. The monoisotopic (exact) mass is 356 g/mol. The molecule has 2 aromatic carbocycles. The maximum Gasteiger partial charge on any atom is 0.269 e. The van der Waals surface area contributed by atoms with E-state index >= 15 is 0 Å². The first-order chi connectivity index (χ1) is 12.1. The molecule has 25 heavy (non-hydrogen) atoms. The number of aromatic nitrogens is 1. The predicted octanol–water partition coefficient (Wildman–Crippen LogP) is 2.85. The second-order valence-electron chi connectivity index (χ2n) is 5.71. The average Bonchev–Trinajstić information content (AvgIpc) is 3.22. The van der Waals surface area contributed by atoms with Gasteiger partial charge in [0.1, 0.15) is 0 Å². The van der Waals surface area contributed by atoms with Gasteiger partial charge in [0.2, 0.25) is 11.9 Å². The number of hydrogen-bond acceptors (Lipinski definition) is 7. The van der Waals surface area contributed by atoms with E-state index in [0.29, 0.717) is 22.2 Å². The Morgan fingerprint density at radius 1 is 1.16 bits per heavy atom. The first-order valence-electron chi connectivity index (χ1n) is 7.64. The van der Waals surface area contributed by atoms with Gasteiger partial charge in [0, 0.05) is 37.5 Å². The number of thiazole rings is 1. The number of rotatable bonds is 4. The number of fused-ring (bicyclic) bond motifs is 2. The second-order valence-corrected chi connectivity index (χ2v) is 6.74. The number of anilines is 2. The number of hydrogen-bond donors (Lipinski definition) is 2. The van der Waals surface area contributed by atoms with Crippen molar-refractivity contribution in [2.45, 2.75) is 0 Å². The zero-order chi connectivity index (χ0) is 17.4. The minimum atomic E-state index is -0.223.